The first-order valence-corrected chi connectivity index (χ1v) is 5.63. The minimum Gasteiger partial charge on any atom is -0.468 e. The number of rotatable bonds is 1. The van der Waals surface area contributed by atoms with E-state index in [9.17, 15) is 4.79 Å². The Kier molecular flexibility index (Phi) is 2.49. The highest BCUT2D eigenvalue weighted by molar-refractivity contribution is 8.01. The molecule has 0 bridgehead atoms. The van der Waals surface area contributed by atoms with Crippen molar-refractivity contribution in [3.05, 3.63) is 0 Å². The third-order valence-electron chi connectivity index (χ3n) is 2.39. The second-order valence-electron chi connectivity index (χ2n) is 3.92. The Morgan fingerprint density at radius 2 is 2.21 bits per heavy atom. The molecule has 0 unspecified atom stereocenters. The van der Waals surface area contributed by atoms with Crippen LogP contribution in [0.2, 0.25) is 0 Å². The van der Waals surface area contributed by atoms with Gasteiger partial charge in [0.05, 0.1) is 13.2 Å². The number of methoxy groups -OCH3 is 1. The zero-order valence-corrected chi connectivity index (χ0v) is 9.30. The van der Waals surface area contributed by atoms with E-state index in [1.165, 1.54) is 7.11 Å². The average molecular weight is 218 g/mol. The van der Waals surface area contributed by atoms with Gasteiger partial charge >= 0.3 is 5.97 Å². The molecule has 0 spiro atoms. The van der Waals surface area contributed by atoms with E-state index < -0.39 is 5.79 Å². The third kappa shape index (κ3) is 1.64. The van der Waals surface area contributed by atoms with Crippen molar-refractivity contribution >= 4 is 17.7 Å². The Hall–Kier alpha value is -0.260. The molecule has 0 aromatic rings. The van der Waals surface area contributed by atoms with Gasteiger partial charge in [-0.15, -0.1) is 11.8 Å². The van der Waals surface area contributed by atoms with Gasteiger partial charge in [0.1, 0.15) is 11.4 Å². The van der Waals surface area contributed by atoms with Gasteiger partial charge in [0.15, 0.2) is 5.79 Å². The Labute approximate surface area is 87.3 Å². The van der Waals surface area contributed by atoms with Crippen molar-refractivity contribution in [2.24, 2.45) is 0 Å². The van der Waals surface area contributed by atoms with Crippen molar-refractivity contribution in [2.75, 3.05) is 12.9 Å². The van der Waals surface area contributed by atoms with E-state index in [0.717, 1.165) is 5.75 Å². The summed E-state index contributed by atoms with van der Waals surface area (Å²) in [5.41, 5.74) is 0. The second-order valence-corrected chi connectivity index (χ2v) is 5.09. The van der Waals surface area contributed by atoms with Gasteiger partial charge in [-0.1, -0.05) is 0 Å². The number of ether oxygens (including phenoxy) is 3. The maximum atomic E-state index is 11.4. The summed E-state index contributed by atoms with van der Waals surface area (Å²) in [7, 11) is 1.40. The molecule has 2 aliphatic heterocycles. The van der Waals surface area contributed by atoms with Crippen molar-refractivity contribution in [1.82, 2.24) is 0 Å². The number of hydrogen-bond donors (Lipinski definition) is 0. The Balaban J connectivity index is 2.08. The molecule has 0 radical (unpaired) electrons. The SMILES string of the molecule is COC(=O)[C@H]1SC[C@@H]2OC(C)(C)O[C@@H]21. The summed E-state index contributed by atoms with van der Waals surface area (Å²) >= 11 is 1.54. The lowest BCUT2D eigenvalue weighted by Crippen LogP contribution is -2.34. The van der Waals surface area contributed by atoms with Gasteiger partial charge in [0.25, 0.3) is 0 Å². The van der Waals surface area contributed by atoms with E-state index in [-0.39, 0.29) is 23.4 Å². The summed E-state index contributed by atoms with van der Waals surface area (Å²) in [6.07, 6.45) is -0.124. The fourth-order valence-electron chi connectivity index (χ4n) is 1.86. The van der Waals surface area contributed by atoms with Crippen molar-refractivity contribution in [3.63, 3.8) is 0 Å². The van der Waals surface area contributed by atoms with Gasteiger partial charge < -0.3 is 14.2 Å². The minimum absolute atomic E-state index is 0.0269. The molecule has 3 atom stereocenters. The summed E-state index contributed by atoms with van der Waals surface area (Å²) < 4.78 is 16.0. The maximum absolute atomic E-state index is 11.4. The lowest BCUT2D eigenvalue weighted by Gasteiger charge is -2.20. The molecule has 2 aliphatic rings. The van der Waals surface area contributed by atoms with Crippen LogP contribution in [0.4, 0.5) is 0 Å². The van der Waals surface area contributed by atoms with Crippen molar-refractivity contribution < 1.29 is 19.0 Å². The van der Waals surface area contributed by atoms with E-state index >= 15 is 0 Å². The highest BCUT2D eigenvalue weighted by Crippen LogP contribution is 2.41. The number of carbonyl (C=O) groups excluding carboxylic acids is 1. The first kappa shape index (κ1) is 10.3. The molecule has 2 fully saturated rings. The van der Waals surface area contributed by atoms with Crippen LogP contribution >= 0.6 is 11.8 Å². The van der Waals surface area contributed by atoms with Crippen LogP contribution in [-0.4, -0.2) is 42.1 Å². The minimum atomic E-state index is -0.567. The molecule has 0 aromatic carbocycles. The summed E-state index contributed by atoms with van der Waals surface area (Å²) in [5, 5.41) is -0.230. The van der Waals surface area contributed by atoms with Gasteiger partial charge in [0.2, 0.25) is 0 Å². The first-order valence-electron chi connectivity index (χ1n) is 4.58. The van der Waals surface area contributed by atoms with Gasteiger partial charge in [0, 0.05) is 5.75 Å². The van der Waals surface area contributed by atoms with E-state index in [1.807, 2.05) is 13.8 Å². The maximum Gasteiger partial charge on any atom is 0.321 e. The quantitative estimate of drug-likeness (QED) is 0.609. The number of hydrogen-bond acceptors (Lipinski definition) is 5. The molecule has 2 rings (SSSR count). The standard InChI is InChI=1S/C9H14O4S/c1-9(2)12-5-4-14-7(6(5)13-9)8(10)11-3/h5-7H,4H2,1-3H3/t5-,6-,7-/m0/s1. The first-order chi connectivity index (χ1) is 6.53. The lowest BCUT2D eigenvalue weighted by molar-refractivity contribution is -0.153. The van der Waals surface area contributed by atoms with Crippen molar-refractivity contribution in [3.8, 4) is 0 Å². The van der Waals surface area contributed by atoms with Crippen molar-refractivity contribution in [2.45, 2.75) is 37.1 Å². The van der Waals surface area contributed by atoms with Crippen molar-refractivity contribution in [1.29, 1.82) is 0 Å². The molecule has 14 heavy (non-hydrogen) atoms. The Bertz CT molecular complexity index is 253. The molecule has 2 saturated heterocycles. The molecule has 4 nitrogen and oxygen atoms in total. The third-order valence-corrected chi connectivity index (χ3v) is 3.73. The van der Waals surface area contributed by atoms with Gasteiger partial charge in [-0.25, -0.2) is 0 Å². The predicted molar refractivity (Wildman–Crippen MR) is 52.1 cm³/mol. The largest absolute Gasteiger partial charge is 0.468 e. The molecule has 0 aromatic heterocycles. The highest BCUT2D eigenvalue weighted by Gasteiger charge is 2.52. The predicted octanol–water partition coefficient (Wildman–Crippen LogP) is 0.795. The monoisotopic (exact) mass is 218 g/mol. The molecule has 2 heterocycles. The molecule has 0 aliphatic carbocycles. The van der Waals surface area contributed by atoms with Crippen LogP contribution in [0.3, 0.4) is 0 Å². The van der Waals surface area contributed by atoms with Gasteiger partial charge in [-0.05, 0) is 13.8 Å². The Morgan fingerprint density at radius 3 is 2.86 bits per heavy atom. The lowest BCUT2D eigenvalue weighted by atomic mass is 10.2. The summed E-state index contributed by atoms with van der Waals surface area (Å²) in [5.74, 6) is 0.0139. The molecular formula is C9H14O4S. The van der Waals surface area contributed by atoms with Crippen LogP contribution in [0.15, 0.2) is 0 Å². The number of fused-ring (bicyclic) bond motifs is 1. The zero-order valence-electron chi connectivity index (χ0n) is 8.48. The molecule has 5 heteroatoms. The van der Waals surface area contributed by atoms with Gasteiger partial charge in [-0.3, -0.25) is 4.79 Å². The summed E-state index contributed by atoms with van der Waals surface area (Å²) in [6, 6.07) is 0. The topological polar surface area (TPSA) is 44.8 Å². The second kappa shape index (κ2) is 3.40. The summed E-state index contributed by atoms with van der Waals surface area (Å²) in [6.45, 7) is 3.73. The normalized spacial score (nSPS) is 39.5. The van der Waals surface area contributed by atoms with Crippen LogP contribution < -0.4 is 0 Å². The fraction of sp³-hybridized carbons (Fsp3) is 0.889. The van der Waals surface area contributed by atoms with E-state index in [1.54, 1.807) is 11.8 Å². The fourth-order valence-corrected chi connectivity index (χ4v) is 3.17. The molecular weight excluding hydrogens is 204 g/mol. The van der Waals surface area contributed by atoms with Crippen LogP contribution in [0.25, 0.3) is 0 Å². The number of thioether (sulfide) groups is 1. The van der Waals surface area contributed by atoms with E-state index in [2.05, 4.69) is 0 Å². The Morgan fingerprint density at radius 1 is 1.50 bits per heavy atom. The van der Waals surface area contributed by atoms with Crippen LogP contribution in [-0.2, 0) is 19.0 Å². The molecule has 80 valence electrons. The molecule has 0 amide bonds. The zero-order chi connectivity index (χ0) is 10.3. The van der Waals surface area contributed by atoms with Crippen LogP contribution in [0, 0.1) is 0 Å². The summed E-state index contributed by atoms with van der Waals surface area (Å²) in [4.78, 5) is 11.4. The van der Waals surface area contributed by atoms with E-state index in [4.69, 9.17) is 14.2 Å². The smallest absolute Gasteiger partial charge is 0.321 e. The van der Waals surface area contributed by atoms with E-state index in [0.29, 0.717) is 0 Å². The van der Waals surface area contributed by atoms with Crippen LogP contribution in [0.5, 0.6) is 0 Å². The van der Waals surface area contributed by atoms with Gasteiger partial charge in [-0.2, -0.15) is 0 Å². The number of esters is 1. The molecule has 0 saturated carbocycles. The molecule has 0 N–H and O–H groups in total. The average Bonchev–Trinajstić information content (AvgIpc) is 2.58. The highest BCUT2D eigenvalue weighted by atomic mass is 32.2. The van der Waals surface area contributed by atoms with Crippen LogP contribution in [0.1, 0.15) is 13.8 Å². The number of carbonyl (C=O) groups is 1.